The topological polar surface area (TPSA) is 78.0 Å². The molecule has 1 aromatic heterocycles. The number of rotatable bonds is 5. The molecule has 5 heteroatoms. The number of para-hydroxylation sites is 2. The van der Waals surface area contributed by atoms with Crippen molar-refractivity contribution in [2.45, 2.75) is 32.3 Å². The van der Waals surface area contributed by atoms with E-state index in [1.54, 1.807) is 0 Å². The molecule has 19 heavy (non-hydrogen) atoms. The van der Waals surface area contributed by atoms with Crippen LogP contribution in [0.4, 0.5) is 0 Å². The van der Waals surface area contributed by atoms with Crippen LogP contribution in [0.5, 0.6) is 0 Å². The van der Waals surface area contributed by atoms with Crippen LogP contribution in [0, 0.1) is 0 Å². The van der Waals surface area contributed by atoms with Crippen molar-refractivity contribution in [2.24, 2.45) is 0 Å². The molecule has 0 aliphatic heterocycles. The van der Waals surface area contributed by atoms with Crippen LogP contribution in [0.25, 0.3) is 11.0 Å². The zero-order chi connectivity index (χ0) is 13.9. The fourth-order valence-electron chi connectivity index (χ4n) is 1.89. The number of aromatic nitrogens is 2. The first kappa shape index (κ1) is 13.5. The molecule has 1 aromatic carbocycles. The summed E-state index contributed by atoms with van der Waals surface area (Å²) in [5.74, 6) is -0.0210. The molecule has 3 N–H and O–H groups in total. The van der Waals surface area contributed by atoms with E-state index >= 15 is 0 Å². The van der Waals surface area contributed by atoms with Gasteiger partial charge in [0.15, 0.2) is 5.82 Å². The first-order valence-corrected chi connectivity index (χ1v) is 6.53. The van der Waals surface area contributed by atoms with Crippen molar-refractivity contribution in [3.8, 4) is 0 Å². The minimum absolute atomic E-state index is 0.232. The number of hydrogen-bond donors (Lipinski definition) is 3. The zero-order valence-electron chi connectivity index (χ0n) is 11.2. The molecule has 1 amide bonds. The summed E-state index contributed by atoms with van der Waals surface area (Å²) in [5.41, 5.74) is 0.740. The maximum atomic E-state index is 12.0. The van der Waals surface area contributed by atoms with Crippen LogP contribution < -0.4 is 5.32 Å². The van der Waals surface area contributed by atoms with Gasteiger partial charge in [-0.1, -0.05) is 26.0 Å². The maximum absolute atomic E-state index is 12.0. The summed E-state index contributed by atoms with van der Waals surface area (Å²) in [7, 11) is 0. The van der Waals surface area contributed by atoms with E-state index in [0.29, 0.717) is 12.8 Å². The Hall–Kier alpha value is -1.88. The lowest BCUT2D eigenvalue weighted by molar-refractivity contribution is 0.0312. The van der Waals surface area contributed by atoms with Crippen LogP contribution in [-0.2, 0) is 0 Å². The van der Waals surface area contributed by atoms with Gasteiger partial charge < -0.3 is 15.4 Å². The van der Waals surface area contributed by atoms with Crippen molar-refractivity contribution in [3.05, 3.63) is 30.1 Å². The fraction of sp³-hybridized carbons (Fsp3) is 0.429. The molecule has 2 rings (SSSR count). The Morgan fingerprint density at radius 3 is 2.68 bits per heavy atom. The molecule has 0 saturated carbocycles. The summed E-state index contributed by atoms with van der Waals surface area (Å²) in [6.45, 7) is 4.03. The van der Waals surface area contributed by atoms with Crippen LogP contribution in [0.2, 0.25) is 0 Å². The predicted octanol–water partition coefficient (Wildman–Crippen LogP) is 1.84. The number of carbonyl (C=O) groups excluding carboxylic acids is 1. The average molecular weight is 261 g/mol. The molecule has 2 aromatic rings. The molecule has 5 nitrogen and oxygen atoms in total. The van der Waals surface area contributed by atoms with E-state index in [1.165, 1.54) is 0 Å². The number of amides is 1. The minimum Gasteiger partial charge on any atom is -0.388 e. The number of imidazole rings is 1. The molecule has 0 aliphatic carbocycles. The van der Waals surface area contributed by atoms with Crippen molar-refractivity contribution in [3.63, 3.8) is 0 Å². The molecular formula is C14H19N3O2. The smallest absolute Gasteiger partial charge is 0.287 e. The van der Waals surface area contributed by atoms with Crippen LogP contribution in [0.15, 0.2) is 24.3 Å². The van der Waals surface area contributed by atoms with Crippen molar-refractivity contribution >= 4 is 16.9 Å². The number of hydrogen-bond acceptors (Lipinski definition) is 3. The molecule has 0 atom stereocenters. The van der Waals surface area contributed by atoms with Crippen LogP contribution in [-0.4, -0.2) is 33.1 Å². The lowest BCUT2D eigenvalue weighted by Crippen LogP contribution is -2.42. The highest BCUT2D eigenvalue weighted by atomic mass is 16.3. The Bertz CT molecular complexity index is 540. The highest BCUT2D eigenvalue weighted by molar-refractivity contribution is 5.94. The van der Waals surface area contributed by atoms with Crippen LogP contribution in [0.1, 0.15) is 37.3 Å². The molecule has 0 fully saturated rings. The second-order valence-electron chi connectivity index (χ2n) is 4.72. The van der Waals surface area contributed by atoms with Crippen molar-refractivity contribution in [1.82, 2.24) is 15.3 Å². The van der Waals surface area contributed by atoms with Gasteiger partial charge in [-0.2, -0.15) is 0 Å². The summed E-state index contributed by atoms with van der Waals surface area (Å²) in [5, 5.41) is 12.8. The van der Waals surface area contributed by atoms with Gasteiger partial charge in [0.25, 0.3) is 5.91 Å². The molecule has 0 saturated heterocycles. The SMILES string of the molecule is CCC(O)(CC)CNC(=O)c1nc2ccccc2[nH]1. The highest BCUT2D eigenvalue weighted by Gasteiger charge is 2.23. The van der Waals surface area contributed by atoms with E-state index in [1.807, 2.05) is 38.1 Å². The van der Waals surface area contributed by atoms with Gasteiger partial charge in [-0.15, -0.1) is 0 Å². The lowest BCUT2D eigenvalue weighted by atomic mass is 9.98. The zero-order valence-corrected chi connectivity index (χ0v) is 11.2. The summed E-state index contributed by atoms with van der Waals surface area (Å²) >= 11 is 0. The lowest BCUT2D eigenvalue weighted by Gasteiger charge is -2.24. The summed E-state index contributed by atoms with van der Waals surface area (Å²) in [4.78, 5) is 19.2. The first-order valence-electron chi connectivity index (χ1n) is 6.53. The number of nitrogens with zero attached hydrogens (tertiary/aromatic N) is 1. The second-order valence-corrected chi connectivity index (χ2v) is 4.72. The number of fused-ring (bicyclic) bond motifs is 1. The molecule has 0 unspecified atom stereocenters. The molecule has 0 aliphatic rings. The predicted molar refractivity (Wildman–Crippen MR) is 74.0 cm³/mol. The van der Waals surface area contributed by atoms with Gasteiger partial charge in [-0.05, 0) is 25.0 Å². The van der Waals surface area contributed by atoms with Gasteiger partial charge in [0, 0.05) is 6.54 Å². The van der Waals surface area contributed by atoms with Crippen LogP contribution in [0.3, 0.4) is 0 Å². The molecule has 102 valence electrons. The van der Waals surface area contributed by atoms with Gasteiger partial charge in [-0.25, -0.2) is 4.98 Å². The van der Waals surface area contributed by atoms with Crippen LogP contribution >= 0.6 is 0 Å². The summed E-state index contributed by atoms with van der Waals surface area (Å²) < 4.78 is 0. The van der Waals surface area contributed by atoms with E-state index in [0.717, 1.165) is 11.0 Å². The third kappa shape index (κ3) is 2.93. The molecule has 0 bridgehead atoms. The fourth-order valence-corrected chi connectivity index (χ4v) is 1.89. The van der Waals surface area contributed by atoms with Crippen molar-refractivity contribution < 1.29 is 9.90 Å². The first-order chi connectivity index (χ1) is 9.08. The highest BCUT2D eigenvalue weighted by Crippen LogP contribution is 2.14. The van der Waals surface area contributed by atoms with Gasteiger partial charge >= 0.3 is 0 Å². The number of carbonyl (C=O) groups is 1. The summed E-state index contributed by atoms with van der Waals surface area (Å²) in [6, 6.07) is 7.47. The monoisotopic (exact) mass is 261 g/mol. The van der Waals surface area contributed by atoms with E-state index < -0.39 is 5.60 Å². The van der Waals surface area contributed by atoms with Crippen molar-refractivity contribution in [2.75, 3.05) is 6.54 Å². The second kappa shape index (κ2) is 5.40. The standard InChI is InChI=1S/C14H19N3O2/c1-3-14(19,4-2)9-15-13(18)12-16-10-7-5-6-8-11(10)17-12/h5-8,19H,3-4,9H2,1-2H3,(H,15,18)(H,16,17). The van der Waals surface area contributed by atoms with Gasteiger partial charge in [-0.3, -0.25) is 4.79 Å². The normalized spacial score (nSPS) is 11.7. The van der Waals surface area contributed by atoms with E-state index in [9.17, 15) is 9.90 Å². The molecule has 0 spiro atoms. The quantitative estimate of drug-likeness (QED) is 0.768. The minimum atomic E-state index is -0.846. The Morgan fingerprint density at radius 1 is 1.37 bits per heavy atom. The third-order valence-corrected chi connectivity index (χ3v) is 3.50. The number of aliphatic hydroxyl groups is 1. The number of H-pyrrole nitrogens is 1. The number of aromatic amines is 1. The van der Waals surface area contributed by atoms with E-state index in [4.69, 9.17) is 0 Å². The third-order valence-electron chi connectivity index (χ3n) is 3.50. The molecular weight excluding hydrogens is 242 g/mol. The van der Waals surface area contributed by atoms with E-state index in [-0.39, 0.29) is 18.3 Å². The maximum Gasteiger partial charge on any atom is 0.287 e. The summed E-state index contributed by atoms with van der Waals surface area (Å²) in [6.07, 6.45) is 1.20. The average Bonchev–Trinajstić information content (AvgIpc) is 2.88. The van der Waals surface area contributed by atoms with Gasteiger partial charge in [0.1, 0.15) is 0 Å². The van der Waals surface area contributed by atoms with Gasteiger partial charge in [0.05, 0.1) is 16.6 Å². The Morgan fingerprint density at radius 2 is 2.05 bits per heavy atom. The Balaban J connectivity index is 2.08. The Labute approximate surface area is 112 Å². The number of benzene rings is 1. The molecule has 1 heterocycles. The largest absolute Gasteiger partial charge is 0.388 e. The number of nitrogens with one attached hydrogen (secondary N) is 2. The van der Waals surface area contributed by atoms with Crippen molar-refractivity contribution in [1.29, 1.82) is 0 Å². The Kier molecular flexibility index (Phi) is 3.85. The molecule has 0 radical (unpaired) electrons. The van der Waals surface area contributed by atoms with E-state index in [2.05, 4.69) is 15.3 Å². The van der Waals surface area contributed by atoms with Gasteiger partial charge in [0.2, 0.25) is 0 Å².